The maximum Gasteiger partial charge on any atom is 0.147 e. The monoisotopic (exact) mass is 736 g/mol. The van der Waals surface area contributed by atoms with Crippen LogP contribution < -0.4 is 15.9 Å². The van der Waals surface area contributed by atoms with Crippen LogP contribution in [0, 0.1) is 0 Å². The molecule has 2 aromatic heterocycles. The molecule has 11 aromatic rings. The zero-order valence-corrected chi connectivity index (χ0v) is 31.5. The smallest absolute Gasteiger partial charge is 0.147 e. The van der Waals surface area contributed by atoms with Crippen LogP contribution in [0.3, 0.4) is 0 Å². The van der Waals surface area contributed by atoms with E-state index in [0.29, 0.717) is 0 Å². The molecule has 2 nitrogen and oxygen atoms in total. The number of rotatable bonds is 5. The van der Waals surface area contributed by atoms with Crippen molar-refractivity contribution in [2.24, 2.45) is 0 Å². The SMILES string of the molecule is S=P(c1ccccc1)(c1ccccc1)c1ccc(-c2ccc(-c3ccc4cc5c6ccc7ccccc7c6c6nc7ccccc7n6c5cc4c3)cc2)cc1. The van der Waals surface area contributed by atoms with Crippen molar-refractivity contribution in [2.45, 2.75) is 0 Å². The van der Waals surface area contributed by atoms with Gasteiger partial charge in [0.05, 0.1) is 16.6 Å². The fourth-order valence-corrected chi connectivity index (χ4v) is 12.2. The Bertz CT molecular complexity index is 3270. The predicted octanol–water partition coefficient (Wildman–Crippen LogP) is 12.2. The Kier molecular flexibility index (Phi) is 7.35. The van der Waals surface area contributed by atoms with Crippen LogP contribution in [0.5, 0.6) is 0 Å². The van der Waals surface area contributed by atoms with E-state index in [1.807, 2.05) is 0 Å². The third kappa shape index (κ3) is 5.08. The van der Waals surface area contributed by atoms with Gasteiger partial charge in [-0.3, -0.25) is 4.40 Å². The molecule has 0 fully saturated rings. The van der Waals surface area contributed by atoms with Crippen molar-refractivity contribution in [3.05, 3.63) is 200 Å². The summed E-state index contributed by atoms with van der Waals surface area (Å²) in [7, 11) is 0. The van der Waals surface area contributed by atoms with Crippen LogP contribution in [0.15, 0.2) is 200 Å². The Morgan fingerprint density at radius 1 is 0.382 bits per heavy atom. The number of hydrogen-bond acceptors (Lipinski definition) is 2. The fourth-order valence-electron chi connectivity index (χ4n) is 8.48. The van der Waals surface area contributed by atoms with Crippen LogP contribution >= 0.6 is 6.04 Å². The number of para-hydroxylation sites is 2. The molecule has 55 heavy (non-hydrogen) atoms. The maximum atomic E-state index is 6.58. The Hall–Kier alpha value is -6.38. The normalized spacial score (nSPS) is 12.1. The third-order valence-electron chi connectivity index (χ3n) is 11.2. The molecule has 0 saturated heterocycles. The minimum atomic E-state index is -2.19. The van der Waals surface area contributed by atoms with Gasteiger partial charge in [0.15, 0.2) is 0 Å². The number of imidazole rings is 1. The highest BCUT2D eigenvalue weighted by Gasteiger charge is 2.24. The molecule has 0 aliphatic heterocycles. The van der Waals surface area contributed by atoms with Crippen LogP contribution in [0.25, 0.3) is 82.2 Å². The topological polar surface area (TPSA) is 17.3 Å². The minimum absolute atomic E-state index is 1.00. The van der Waals surface area contributed by atoms with E-state index < -0.39 is 6.04 Å². The van der Waals surface area contributed by atoms with E-state index in [9.17, 15) is 0 Å². The number of aromatic nitrogens is 2. The maximum absolute atomic E-state index is 6.58. The lowest BCUT2D eigenvalue weighted by Crippen LogP contribution is -2.24. The summed E-state index contributed by atoms with van der Waals surface area (Å²) in [6.07, 6.45) is 0. The number of benzene rings is 9. The molecule has 9 aromatic carbocycles. The third-order valence-corrected chi connectivity index (χ3v) is 16.2. The van der Waals surface area contributed by atoms with Crippen molar-refractivity contribution in [1.29, 1.82) is 0 Å². The van der Waals surface area contributed by atoms with Gasteiger partial charge in [0.2, 0.25) is 0 Å². The molecular formula is C51H33N2PS. The van der Waals surface area contributed by atoms with E-state index in [-0.39, 0.29) is 0 Å². The molecule has 0 spiro atoms. The first-order valence-corrected chi connectivity index (χ1v) is 21.4. The van der Waals surface area contributed by atoms with Crippen molar-refractivity contribution >= 4 is 93.7 Å². The predicted molar refractivity (Wildman–Crippen MR) is 240 cm³/mol. The van der Waals surface area contributed by atoms with Crippen molar-refractivity contribution in [2.75, 3.05) is 0 Å². The highest BCUT2D eigenvalue weighted by molar-refractivity contribution is 8.25. The molecule has 258 valence electrons. The summed E-state index contributed by atoms with van der Waals surface area (Å²) < 4.78 is 2.36. The number of nitrogens with zero attached hydrogens (tertiary/aromatic N) is 2. The van der Waals surface area contributed by atoms with Gasteiger partial charge in [0, 0.05) is 16.8 Å². The van der Waals surface area contributed by atoms with E-state index >= 15 is 0 Å². The second-order valence-corrected chi connectivity index (χ2v) is 18.7. The molecule has 0 saturated carbocycles. The molecule has 2 heterocycles. The minimum Gasteiger partial charge on any atom is -0.292 e. The standard InChI is InChI=1S/C51H33N2PS/c55-54(41-12-3-1-4-13-41,42-14-5-2-6-15-42)43-28-25-35(26-29-43)34-19-21-36(22-20-34)38-23-24-39-32-46-45-30-27-37-11-7-8-16-44(37)50(45)51-52-47-17-9-10-18-48(47)53(51)49(46)33-40(39)31-38/h1-33H. The molecule has 11 rings (SSSR count). The summed E-state index contributed by atoms with van der Waals surface area (Å²) in [4.78, 5) is 5.23. The van der Waals surface area contributed by atoms with E-state index in [2.05, 4.69) is 205 Å². The summed E-state index contributed by atoms with van der Waals surface area (Å²) in [5.74, 6) is 0. The van der Waals surface area contributed by atoms with E-state index in [4.69, 9.17) is 16.8 Å². The molecule has 0 atom stereocenters. The summed E-state index contributed by atoms with van der Waals surface area (Å²) in [6.45, 7) is 0. The van der Waals surface area contributed by atoms with Gasteiger partial charge >= 0.3 is 0 Å². The molecule has 0 aliphatic rings. The molecule has 0 unspecified atom stereocenters. The zero-order chi connectivity index (χ0) is 36.5. The molecular weight excluding hydrogens is 704 g/mol. The van der Waals surface area contributed by atoms with Gasteiger partial charge in [-0.1, -0.05) is 182 Å². The van der Waals surface area contributed by atoms with Crippen LogP contribution in [0.1, 0.15) is 0 Å². The summed E-state index contributed by atoms with van der Waals surface area (Å²) >= 11 is 6.58. The average molecular weight is 737 g/mol. The van der Waals surface area contributed by atoms with E-state index in [1.54, 1.807) is 0 Å². The van der Waals surface area contributed by atoms with Gasteiger partial charge in [0.1, 0.15) is 5.65 Å². The Balaban J connectivity index is 0.989. The summed E-state index contributed by atoms with van der Waals surface area (Å²) in [5.41, 5.74) is 9.04. The average Bonchev–Trinajstić information content (AvgIpc) is 3.66. The van der Waals surface area contributed by atoms with Gasteiger partial charge in [-0.25, -0.2) is 4.98 Å². The first-order valence-electron chi connectivity index (χ1n) is 18.6. The summed E-state index contributed by atoms with van der Waals surface area (Å²) in [5, 5.41) is 12.2. The summed E-state index contributed by atoms with van der Waals surface area (Å²) in [6, 6.07) is 70.1. The molecule has 0 aliphatic carbocycles. The largest absolute Gasteiger partial charge is 0.292 e. The Morgan fingerprint density at radius 3 is 1.67 bits per heavy atom. The van der Waals surface area contributed by atoms with Gasteiger partial charge in [-0.15, -0.1) is 0 Å². The lowest BCUT2D eigenvalue weighted by atomic mass is 9.95. The highest BCUT2D eigenvalue weighted by atomic mass is 32.4. The molecule has 4 heteroatoms. The first kappa shape index (κ1) is 32.1. The number of hydrogen-bond donors (Lipinski definition) is 0. The van der Waals surface area contributed by atoms with Gasteiger partial charge in [0.25, 0.3) is 0 Å². The van der Waals surface area contributed by atoms with Gasteiger partial charge in [-0.05, 0) is 95.4 Å². The molecule has 0 N–H and O–H groups in total. The van der Waals surface area contributed by atoms with Crippen molar-refractivity contribution in [1.82, 2.24) is 9.38 Å². The zero-order valence-electron chi connectivity index (χ0n) is 29.8. The number of pyridine rings is 1. The lowest BCUT2D eigenvalue weighted by molar-refractivity contribution is 1.32. The van der Waals surface area contributed by atoms with Gasteiger partial charge in [-0.2, -0.15) is 0 Å². The Labute approximate surface area is 324 Å². The molecule has 0 radical (unpaired) electrons. The Morgan fingerprint density at radius 2 is 0.945 bits per heavy atom. The van der Waals surface area contributed by atoms with Crippen LogP contribution in [-0.2, 0) is 11.8 Å². The van der Waals surface area contributed by atoms with Crippen LogP contribution in [0.2, 0.25) is 0 Å². The van der Waals surface area contributed by atoms with E-state index in [0.717, 1.165) is 16.7 Å². The first-order chi connectivity index (χ1) is 27.1. The van der Waals surface area contributed by atoms with E-state index in [1.165, 1.54) is 81.4 Å². The van der Waals surface area contributed by atoms with Crippen molar-refractivity contribution in [3.8, 4) is 22.3 Å². The fraction of sp³-hybridized carbons (Fsp3) is 0. The second kappa shape index (κ2) is 12.6. The molecule has 0 bridgehead atoms. The van der Waals surface area contributed by atoms with Crippen LogP contribution in [-0.4, -0.2) is 9.38 Å². The highest BCUT2D eigenvalue weighted by Crippen LogP contribution is 2.43. The lowest BCUT2D eigenvalue weighted by Gasteiger charge is -2.24. The van der Waals surface area contributed by atoms with Crippen LogP contribution in [0.4, 0.5) is 0 Å². The molecule has 0 amide bonds. The van der Waals surface area contributed by atoms with Crippen molar-refractivity contribution in [3.63, 3.8) is 0 Å². The second-order valence-electron chi connectivity index (χ2n) is 14.3. The van der Waals surface area contributed by atoms with Crippen molar-refractivity contribution < 1.29 is 0 Å². The quantitative estimate of drug-likeness (QED) is 0.0994. The van der Waals surface area contributed by atoms with Gasteiger partial charge < -0.3 is 0 Å². The number of fused-ring (bicyclic) bond motifs is 11.